The van der Waals surface area contributed by atoms with Crippen molar-refractivity contribution in [3.8, 4) is 0 Å². The van der Waals surface area contributed by atoms with Gasteiger partial charge in [-0.1, -0.05) is 350 Å². The fraction of sp³-hybridized carbons (Fsp3) is 0.949. The van der Waals surface area contributed by atoms with E-state index in [2.05, 4.69) is 48.5 Å². The molecule has 97 heavy (non-hydrogen) atoms. The SMILES string of the molecule is CCCCCCCCCCCCCCC(=O)OC[C@H](COP(=O)(O)OC[C@H](O)COP(=O)(O)OC[C@@H](COC(=O)CCCCCCCCCCCCCCC(C)C)OC(=O)CCCCCCCCCCCCCCCCCC(C)C)OC(=O)CCCCCCCCCCC(C)CC. The molecular formula is C78H152O17P2. The minimum absolute atomic E-state index is 0.105. The summed E-state index contributed by atoms with van der Waals surface area (Å²) in [6.07, 6.45) is 55.3. The van der Waals surface area contributed by atoms with Crippen LogP contribution in [0.3, 0.4) is 0 Å². The van der Waals surface area contributed by atoms with E-state index in [0.717, 1.165) is 108 Å². The molecule has 3 unspecified atom stereocenters. The maximum atomic E-state index is 13.1. The summed E-state index contributed by atoms with van der Waals surface area (Å²) in [5.41, 5.74) is 0. The Kier molecular flexibility index (Phi) is 67.1. The maximum absolute atomic E-state index is 13.1. The van der Waals surface area contributed by atoms with Crippen LogP contribution in [-0.4, -0.2) is 96.7 Å². The van der Waals surface area contributed by atoms with Gasteiger partial charge in [0.05, 0.1) is 26.4 Å². The van der Waals surface area contributed by atoms with Crippen LogP contribution >= 0.6 is 15.6 Å². The van der Waals surface area contributed by atoms with Gasteiger partial charge in [0.15, 0.2) is 12.2 Å². The van der Waals surface area contributed by atoms with Gasteiger partial charge >= 0.3 is 39.5 Å². The molecule has 0 saturated heterocycles. The van der Waals surface area contributed by atoms with Crippen LogP contribution < -0.4 is 0 Å². The van der Waals surface area contributed by atoms with Crippen molar-refractivity contribution in [2.45, 2.75) is 420 Å². The first-order chi connectivity index (χ1) is 46.8. The topological polar surface area (TPSA) is 237 Å². The van der Waals surface area contributed by atoms with Gasteiger partial charge in [-0.15, -0.1) is 0 Å². The number of carbonyl (C=O) groups is 4. The van der Waals surface area contributed by atoms with Crippen LogP contribution in [-0.2, 0) is 65.4 Å². The van der Waals surface area contributed by atoms with Crippen molar-refractivity contribution >= 4 is 39.5 Å². The first kappa shape index (κ1) is 95.1. The maximum Gasteiger partial charge on any atom is 0.472 e. The molecule has 0 radical (unpaired) electrons. The Morgan fingerprint density at radius 1 is 0.299 bits per heavy atom. The van der Waals surface area contributed by atoms with E-state index in [1.165, 1.54) is 212 Å². The van der Waals surface area contributed by atoms with Crippen molar-refractivity contribution in [1.82, 2.24) is 0 Å². The molecule has 0 aliphatic heterocycles. The predicted molar refractivity (Wildman–Crippen MR) is 395 cm³/mol. The van der Waals surface area contributed by atoms with E-state index in [4.69, 9.17) is 37.0 Å². The summed E-state index contributed by atoms with van der Waals surface area (Å²) in [7, 11) is -9.92. The van der Waals surface area contributed by atoms with Gasteiger partial charge in [0.2, 0.25) is 0 Å². The molecule has 0 bridgehead atoms. The normalized spacial score (nSPS) is 14.3. The lowest BCUT2D eigenvalue weighted by atomic mass is 9.99. The molecule has 0 aliphatic rings. The van der Waals surface area contributed by atoms with Crippen LogP contribution in [0.2, 0.25) is 0 Å². The Balaban J connectivity index is 5.26. The number of aliphatic hydroxyl groups is 1. The highest BCUT2D eigenvalue weighted by molar-refractivity contribution is 7.47. The molecule has 19 heteroatoms. The van der Waals surface area contributed by atoms with Gasteiger partial charge < -0.3 is 33.8 Å². The molecule has 0 aromatic carbocycles. The number of aliphatic hydroxyl groups excluding tert-OH is 1. The second-order valence-electron chi connectivity index (χ2n) is 29.3. The summed E-state index contributed by atoms with van der Waals surface area (Å²) >= 11 is 0. The monoisotopic (exact) mass is 1420 g/mol. The zero-order valence-corrected chi connectivity index (χ0v) is 65.3. The number of hydrogen-bond acceptors (Lipinski definition) is 15. The zero-order chi connectivity index (χ0) is 71.6. The first-order valence-corrected chi connectivity index (χ1v) is 43.4. The summed E-state index contributed by atoms with van der Waals surface area (Å²) in [4.78, 5) is 72.9. The second kappa shape index (κ2) is 68.5. The Morgan fingerprint density at radius 3 is 0.784 bits per heavy atom. The average Bonchev–Trinajstić information content (AvgIpc) is 2.64. The zero-order valence-electron chi connectivity index (χ0n) is 63.5. The van der Waals surface area contributed by atoms with Gasteiger partial charge in [-0.2, -0.15) is 0 Å². The Bertz CT molecular complexity index is 1890. The van der Waals surface area contributed by atoms with Crippen LogP contribution in [0.1, 0.15) is 402 Å². The quantitative estimate of drug-likeness (QED) is 0.0222. The summed E-state index contributed by atoms with van der Waals surface area (Å²) < 4.78 is 68.6. The largest absolute Gasteiger partial charge is 0.472 e. The Labute approximate surface area is 594 Å². The van der Waals surface area contributed by atoms with E-state index in [0.29, 0.717) is 25.7 Å². The molecule has 6 atom stereocenters. The molecular weight excluding hydrogens is 1270 g/mol. The fourth-order valence-electron chi connectivity index (χ4n) is 11.9. The van der Waals surface area contributed by atoms with Gasteiger partial charge in [-0.3, -0.25) is 37.3 Å². The summed E-state index contributed by atoms with van der Waals surface area (Å²) in [5.74, 6) is 0.239. The molecule has 0 aliphatic carbocycles. The van der Waals surface area contributed by atoms with Crippen molar-refractivity contribution in [2.24, 2.45) is 17.8 Å². The number of unbranched alkanes of at least 4 members (excludes halogenated alkanes) is 43. The van der Waals surface area contributed by atoms with Crippen molar-refractivity contribution in [3.63, 3.8) is 0 Å². The van der Waals surface area contributed by atoms with Crippen LogP contribution in [0.4, 0.5) is 0 Å². The molecule has 0 heterocycles. The van der Waals surface area contributed by atoms with E-state index in [-0.39, 0.29) is 25.7 Å². The van der Waals surface area contributed by atoms with Gasteiger partial charge in [-0.05, 0) is 43.4 Å². The molecule has 0 amide bonds. The molecule has 0 spiro atoms. The minimum atomic E-state index is -4.96. The predicted octanol–water partition coefficient (Wildman–Crippen LogP) is 23.0. The third kappa shape index (κ3) is 70.9. The molecule has 0 saturated carbocycles. The second-order valence-corrected chi connectivity index (χ2v) is 32.2. The first-order valence-electron chi connectivity index (χ1n) is 40.4. The van der Waals surface area contributed by atoms with Crippen LogP contribution in [0.15, 0.2) is 0 Å². The molecule has 0 fully saturated rings. The molecule has 0 aromatic heterocycles. The van der Waals surface area contributed by atoms with Gasteiger partial charge in [0, 0.05) is 25.7 Å². The lowest BCUT2D eigenvalue weighted by Gasteiger charge is -2.21. The highest BCUT2D eigenvalue weighted by Gasteiger charge is 2.30. The third-order valence-corrected chi connectivity index (χ3v) is 20.4. The van der Waals surface area contributed by atoms with E-state index in [1.807, 2.05) is 0 Å². The standard InChI is InChI=1S/C78H152O17P2/c1-8-10-11-12-13-14-15-25-30-38-45-52-59-75(80)89-66-74(95-78(83)62-55-48-41-34-33-37-44-51-58-71(7)9-2)68-93-97(86,87)91-64-72(79)63-90-96(84,85)92-67-73(65-88-76(81)60-53-46-39-31-26-22-21-24-29-36-43-50-57-70(5)6)94-77(82)61-54-47-40-32-27-20-18-16-17-19-23-28-35-42-49-56-69(3)4/h69-74,79H,8-68H2,1-7H3,(H,84,85)(H,86,87)/t71?,72-,73-,74-/m1/s1. The van der Waals surface area contributed by atoms with Crippen molar-refractivity contribution in [3.05, 3.63) is 0 Å². The number of phosphoric ester groups is 2. The highest BCUT2D eigenvalue weighted by atomic mass is 31.2. The number of hydrogen-bond donors (Lipinski definition) is 3. The van der Waals surface area contributed by atoms with Gasteiger partial charge in [0.1, 0.15) is 19.3 Å². The number of carbonyl (C=O) groups excluding carboxylic acids is 4. The highest BCUT2D eigenvalue weighted by Crippen LogP contribution is 2.45. The molecule has 0 rings (SSSR count). The minimum Gasteiger partial charge on any atom is -0.462 e. The number of ether oxygens (including phenoxy) is 4. The summed E-state index contributed by atoms with van der Waals surface area (Å²) in [6.45, 7) is 12.0. The van der Waals surface area contributed by atoms with E-state index < -0.39 is 97.5 Å². The number of esters is 4. The van der Waals surface area contributed by atoms with Crippen LogP contribution in [0, 0.1) is 17.8 Å². The Hall–Kier alpha value is -1.94. The van der Waals surface area contributed by atoms with E-state index in [9.17, 15) is 43.2 Å². The third-order valence-electron chi connectivity index (χ3n) is 18.5. The fourth-order valence-corrected chi connectivity index (χ4v) is 13.5. The Morgan fingerprint density at radius 2 is 0.526 bits per heavy atom. The molecule has 17 nitrogen and oxygen atoms in total. The smallest absolute Gasteiger partial charge is 0.462 e. The number of phosphoric acid groups is 2. The van der Waals surface area contributed by atoms with Crippen molar-refractivity contribution < 1.29 is 80.2 Å². The van der Waals surface area contributed by atoms with E-state index >= 15 is 0 Å². The molecule has 576 valence electrons. The lowest BCUT2D eigenvalue weighted by Crippen LogP contribution is -2.30. The van der Waals surface area contributed by atoms with Gasteiger partial charge in [-0.25, -0.2) is 9.13 Å². The van der Waals surface area contributed by atoms with Crippen molar-refractivity contribution in [1.29, 1.82) is 0 Å². The number of rotatable bonds is 76. The van der Waals surface area contributed by atoms with Crippen LogP contribution in [0.25, 0.3) is 0 Å². The van der Waals surface area contributed by atoms with Crippen molar-refractivity contribution in [2.75, 3.05) is 39.6 Å². The molecule has 3 N–H and O–H groups in total. The average molecular weight is 1420 g/mol. The van der Waals surface area contributed by atoms with E-state index in [1.54, 1.807) is 0 Å². The van der Waals surface area contributed by atoms with Crippen LogP contribution in [0.5, 0.6) is 0 Å². The summed E-state index contributed by atoms with van der Waals surface area (Å²) in [5, 5.41) is 10.6. The molecule has 0 aromatic rings. The van der Waals surface area contributed by atoms with Gasteiger partial charge in [0.25, 0.3) is 0 Å². The summed E-state index contributed by atoms with van der Waals surface area (Å²) in [6, 6.07) is 0. The lowest BCUT2D eigenvalue weighted by molar-refractivity contribution is -0.161.